The van der Waals surface area contributed by atoms with E-state index in [9.17, 15) is 18.4 Å². The van der Waals surface area contributed by atoms with E-state index >= 15 is 0 Å². The molecule has 5 rings (SSSR count). The van der Waals surface area contributed by atoms with E-state index in [2.05, 4.69) is 4.74 Å². The highest BCUT2D eigenvalue weighted by Crippen LogP contribution is 2.39. The topological polar surface area (TPSA) is 68.3 Å². The average Bonchev–Trinajstić information content (AvgIpc) is 3.50. The molecule has 194 valence electrons. The summed E-state index contributed by atoms with van der Waals surface area (Å²) in [7, 11) is 3.59. The highest BCUT2D eigenvalue weighted by molar-refractivity contribution is 5.98. The molecule has 0 radical (unpaired) electrons. The summed E-state index contributed by atoms with van der Waals surface area (Å²) >= 11 is 0. The number of likely N-dealkylation sites (N-methyl/N-ethyl adjacent to an activating group) is 1. The lowest BCUT2D eigenvalue weighted by Crippen LogP contribution is -2.35. The van der Waals surface area contributed by atoms with E-state index in [4.69, 9.17) is 9.47 Å². The Hall–Kier alpha value is -2.91. The van der Waals surface area contributed by atoms with Gasteiger partial charge in [0.05, 0.1) is 6.61 Å². The molecule has 10 heteroatoms. The van der Waals surface area contributed by atoms with Crippen LogP contribution >= 0.6 is 12.4 Å². The molecule has 1 saturated carbocycles. The molecule has 36 heavy (non-hydrogen) atoms. The summed E-state index contributed by atoms with van der Waals surface area (Å²) in [4.78, 5) is 28.6. The Balaban J connectivity index is 0.00000304. The van der Waals surface area contributed by atoms with Crippen LogP contribution in [-0.2, 0) is 11.3 Å². The zero-order chi connectivity index (χ0) is 24.7. The lowest BCUT2D eigenvalue weighted by atomic mass is 9.96. The summed E-state index contributed by atoms with van der Waals surface area (Å²) < 4.78 is 41.8. The highest BCUT2D eigenvalue weighted by Gasteiger charge is 2.37. The first kappa shape index (κ1) is 26.2. The molecule has 2 aromatic rings. The van der Waals surface area contributed by atoms with E-state index in [1.807, 2.05) is 11.9 Å². The zero-order valence-electron chi connectivity index (χ0n) is 20.1. The van der Waals surface area contributed by atoms with Crippen molar-refractivity contribution in [1.29, 1.82) is 0 Å². The van der Waals surface area contributed by atoms with Gasteiger partial charge in [-0.05, 0) is 79.6 Å². The zero-order valence-corrected chi connectivity index (χ0v) is 20.9. The maximum Gasteiger partial charge on any atom is 0.387 e. The van der Waals surface area contributed by atoms with Crippen LogP contribution in [0.2, 0.25) is 0 Å². The average molecular weight is 523 g/mol. The fraction of sp³-hybridized carbons (Fsp3) is 0.462. The molecule has 0 bridgehead atoms. The predicted molar refractivity (Wildman–Crippen MR) is 130 cm³/mol. The molecule has 0 N–H and O–H groups in total. The molecule has 1 saturated heterocycles. The molecule has 7 nitrogen and oxygen atoms in total. The minimum absolute atomic E-state index is 0. The van der Waals surface area contributed by atoms with Crippen molar-refractivity contribution in [2.45, 2.75) is 44.4 Å². The standard InChI is InChI=1S/C26H28F2N2O5.ClH/c1-29-12-17(16-5-8-22(35-26(27)28)23(11-16)33-14-15-3-4-15)10-21(29)25(32)34-19-6-7-20-18(9-19)13-30(2)24(20)31;/h5-9,11,15,17,21,26H,3-4,10,12-14H2,1-2H3;1H. The number of carbonyl (C=O) groups is 2. The number of fused-ring (bicyclic) bond motifs is 1. The Kier molecular flexibility index (Phi) is 7.70. The maximum absolute atomic E-state index is 13.0. The molecule has 2 atom stereocenters. The van der Waals surface area contributed by atoms with E-state index in [1.165, 1.54) is 6.07 Å². The number of halogens is 3. The van der Waals surface area contributed by atoms with Gasteiger partial charge in [-0.15, -0.1) is 12.4 Å². The van der Waals surface area contributed by atoms with Crippen molar-refractivity contribution in [3.63, 3.8) is 0 Å². The van der Waals surface area contributed by atoms with Crippen LogP contribution in [0.3, 0.4) is 0 Å². The molecule has 0 spiro atoms. The number of nitrogens with zero attached hydrogens (tertiary/aromatic N) is 2. The van der Waals surface area contributed by atoms with Crippen LogP contribution in [0.25, 0.3) is 0 Å². The normalized spacial score (nSPS) is 21.4. The summed E-state index contributed by atoms with van der Waals surface area (Å²) in [6.45, 7) is -1.36. The number of carbonyl (C=O) groups excluding carboxylic acids is 2. The van der Waals surface area contributed by atoms with E-state index in [1.54, 1.807) is 42.3 Å². The highest BCUT2D eigenvalue weighted by atomic mass is 35.5. The SMILES string of the molecule is CN1Cc2cc(OC(=O)C3CC(c4ccc(OC(F)F)c(OCC5CC5)c4)CN3C)ccc2C1=O.Cl. The number of esters is 1. The summed E-state index contributed by atoms with van der Waals surface area (Å²) in [6.07, 6.45) is 2.69. The van der Waals surface area contributed by atoms with Gasteiger partial charge in [-0.1, -0.05) is 6.07 Å². The molecule has 2 unspecified atom stereocenters. The van der Waals surface area contributed by atoms with Gasteiger partial charge in [0, 0.05) is 25.7 Å². The van der Waals surface area contributed by atoms with Gasteiger partial charge in [-0.2, -0.15) is 8.78 Å². The van der Waals surface area contributed by atoms with Gasteiger partial charge in [0.25, 0.3) is 5.91 Å². The lowest BCUT2D eigenvalue weighted by Gasteiger charge is -2.17. The van der Waals surface area contributed by atoms with Gasteiger partial charge >= 0.3 is 12.6 Å². The van der Waals surface area contributed by atoms with E-state index in [0.717, 1.165) is 24.0 Å². The van der Waals surface area contributed by atoms with Crippen molar-refractivity contribution in [2.75, 3.05) is 27.2 Å². The summed E-state index contributed by atoms with van der Waals surface area (Å²) in [5.41, 5.74) is 2.37. The quantitative estimate of drug-likeness (QED) is 0.376. The first-order valence-electron chi connectivity index (χ1n) is 11.8. The van der Waals surface area contributed by atoms with E-state index in [-0.39, 0.29) is 36.0 Å². The minimum atomic E-state index is -2.93. The lowest BCUT2D eigenvalue weighted by molar-refractivity contribution is -0.138. The predicted octanol–water partition coefficient (Wildman–Crippen LogP) is 4.48. The van der Waals surface area contributed by atoms with E-state index in [0.29, 0.717) is 49.1 Å². The Labute approximate surface area is 214 Å². The molecule has 1 amide bonds. The van der Waals surface area contributed by atoms with Crippen molar-refractivity contribution < 1.29 is 32.6 Å². The van der Waals surface area contributed by atoms with Gasteiger partial charge < -0.3 is 19.1 Å². The number of hydrogen-bond acceptors (Lipinski definition) is 6. The Bertz CT molecular complexity index is 1140. The van der Waals surface area contributed by atoms with Crippen molar-refractivity contribution in [2.24, 2.45) is 5.92 Å². The number of hydrogen-bond donors (Lipinski definition) is 0. The fourth-order valence-electron chi connectivity index (χ4n) is 4.78. The van der Waals surface area contributed by atoms with Gasteiger partial charge in [-0.3, -0.25) is 9.69 Å². The Morgan fingerprint density at radius 2 is 1.89 bits per heavy atom. The van der Waals surface area contributed by atoms with Crippen LogP contribution < -0.4 is 14.2 Å². The summed E-state index contributed by atoms with van der Waals surface area (Å²) in [5.74, 6) is 0.809. The van der Waals surface area contributed by atoms with Gasteiger partial charge in [0.1, 0.15) is 11.8 Å². The first-order chi connectivity index (χ1) is 16.8. The molecule has 2 aromatic carbocycles. The number of ether oxygens (including phenoxy) is 3. The number of amides is 1. The molecule has 2 heterocycles. The van der Waals surface area contributed by atoms with Crippen LogP contribution in [0.1, 0.15) is 46.7 Å². The number of benzene rings is 2. The van der Waals surface area contributed by atoms with Crippen LogP contribution in [0.4, 0.5) is 8.78 Å². The van der Waals surface area contributed by atoms with Crippen molar-refractivity contribution >= 4 is 24.3 Å². The first-order valence-corrected chi connectivity index (χ1v) is 11.8. The fourth-order valence-corrected chi connectivity index (χ4v) is 4.78. The monoisotopic (exact) mass is 522 g/mol. The number of rotatable bonds is 8. The third-order valence-corrected chi connectivity index (χ3v) is 6.93. The molecule has 3 aliphatic rings. The number of likely N-dealkylation sites (tertiary alicyclic amines) is 1. The van der Waals surface area contributed by atoms with Crippen molar-refractivity contribution in [1.82, 2.24) is 9.80 Å². The Morgan fingerprint density at radius 1 is 1.11 bits per heavy atom. The third kappa shape index (κ3) is 5.57. The summed E-state index contributed by atoms with van der Waals surface area (Å²) in [6, 6.07) is 9.64. The smallest absolute Gasteiger partial charge is 0.387 e. The molecule has 0 aromatic heterocycles. The second-order valence-electron chi connectivity index (χ2n) is 9.63. The van der Waals surface area contributed by atoms with Gasteiger partial charge in [-0.25, -0.2) is 4.79 Å². The van der Waals surface area contributed by atoms with Gasteiger partial charge in [0.15, 0.2) is 11.5 Å². The van der Waals surface area contributed by atoms with E-state index < -0.39 is 12.7 Å². The molecular weight excluding hydrogens is 494 g/mol. The van der Waals surface area contributed by atoms with Crippen LogP contribution in [0.15, 0.2) is 36.4 Å². The summed E-state index contributed by atoms with van der Waals surface area (Å²) in [5, 5.41) is 0. The second-order valence-corrected chi connectivity index (χ2v) is 9.63. The largest absolute Gasteiger partial charge is 0.489 e. The second kappa shape index (κ2) is 10.6. The molecule has 2 aliphatic heterocycles. The van der Waals surface area contributed by atoms with Crippen molar-refractivity contribution in [3.8, 4) is 17.2 Å². The van der Waals surface area contributed by atoms with Crippen LogP contribution in [0, 0.1) is 5.92 Å². The Morgan fingerprint density at radius 3 is 2.61 bits per heavy atom. The molecule has 1 aliphatic carbocycles. The van der Waals surface area contributed by atoms with Crippen LogP contribution in [-0.4, -0.2) is 61.6 Å². The third-order valence-electron chi connectivity index (χ3n) is 6.93. The molecule has 2 fully saturated rings. The maximum atomic E-state index is 13.0. The minimum Gasteiger partial charge on any atom is -0.489 e. The number of alkyl halides is 2. The van der Waals surface area contributed by atoms with Crippen molar-refractivity contribution in [3.05, 3.63) is 53.1 Å². The molecular formula is C26H29ClF2N2O5. The van der Waals surface area contributed by atoms with Gasteiger partial charge in [0.2, 0.25) is 0 Å². The van der Waals surface area contributed by atoms with Crippen LogP contribution in [0.5, 0.6) is 17.2 Å².